The SMILES string of the molecule is CC.O=c1c2ccc3c4ccc5c6c(ccc(c7ccc(c2c37)c2nc3ccccc3n12)c46)c(=O)n1c2ccccc2nc51. The molecule has 4 heterocycles. The maximum Gasteiger partial charge on any atom is 0.264 e. The summed E-state index contributed by atoms with van der Waals surface area (Å²) in [5, 5.41) is 11.5. The molecule has 0 saturated carbocycles. The largest absolute Gasteiger partial charge is 0.268 e. The maximum atomic E-state index is 14.0. The Balaban J connectivity index is 0.00000125. The minimum Gasteiger partial charge on any atom is -0.268 e. The highest BCUT2D eigenvalue weighted by molar-refractivity contribution is 6.40. The third kappa shape index (κ3) is 2.55. The lowest BCUT2D eigenvalue weighted by Gasteiger charge is -2.18. The molecule has 0 saturated heterocycles. The number of hydrogen-bond donors (Lipinski definition) is 0. The van der Waals surface area contributed by atoms with Crippen molar-refractivity contribution in [1.29, 1.82) is 0 Å². The zero-order valence-electron chi connectivity index (χ0n) is 23.8. The number of nitrogens with zero attached hydrogens (tertiary/aromatic N) is 4. The Morgan fingerprint density at radius 3 is 1.14 bits per heavy atom. The molecule has 0 amide bonds. The molecule has 0 atom stereocenters. The van der Waals surface area contributed by atoms with Crippen LogP contribution in [0.25, 0.3) is 98.0 Å². The first-order valence-corrected chi connectivity index (χ1v) is 14.9. The molecule has 4 aromatic heterocycles. The van der Waals surface area contributed by atoms with Crippen LogP contribution in [0, 0.1) is 0 Å². The zero-order valence-corrected chi connectivity index (χ0v) is 23.8. The van der Waals surface area contributed by atoms with Gasteiger partial charge in [-0.25, -0.2) is 9.97 Å². The molecule has 6 heteroatoms. The van der Waals surface area contributed by atoms with Crippen LogP contribution in [0.4, 0.5) is 0 Å². The van der Waals surface area contributed by atoms with E-state index < -0.39 is 0 Å². The lowest BCUT2D eigenvalue weighted by atomic mass is 9.86. The van der Waals surface area contributed by atoms with Crippen molar-refractivity contribution in [2.75, 3.05) is 0 Å². The Kier molecular flexibility index (Phi) is 4.27. The molecule has 0 unspecified atom stereocenters. The van der Waals surface area contributed by atoms with E-state index in [9.17, 15) is 9.59 Å². The van der Waals surface area contributed by atoms with Crippen LogP contribution in [0.15, 0.2) is 107 Å². The highest BCUT2D eigenvalue weighted by Gasteiger charge is 2.23. The molecule has 11 rings (SSSR count). The maximum absolute atomic E-state index is 14.0. The Labute approximate surface area is 248 Å². The van der Waals surface area contributed by atoms with Gasteiger partial charge in [0.15, 0.2) is 0 Å². The molecule has 206 valence electrons. The molecule has 0 N–H and O–H groups in total. The van der Waals surface area contributed by atoms with Crippen molar-refractivity contribution in [3.63, 3.8) is 0 Å². The van der Waals surface area contributed by atoms with Gasteiger partial charge in [0.05, 0.1) is 22.1 Å². The molecule has 0 aliphatic heterocycles. The average molecular weight is 567 g/mol. The highest BCUT2D eigenvalue weighted by Crippen LogP contribution is 2.45. The lowest BCUT2D eigenvalue weighted by Crippen LogP contribution is -2.14. The van der Waals surface area contributed by atoms with E-state index in [1.54, 1.807) is 8.80 Å². The normalized spacial score (nSPS) is 12.5. The second-order valence-electron chi connectivity index (χ2n) is 11.3. The fraction of sp³-hybridized carbons (Fsp3) is 0.0526. The predicted octanol–water partition coefficient (Wildman–Crippen LogP) is 8.27. The van der Waals surface area contributed by atoms with E-state index in [-0.39, 0.29) is 11.1 Å². The summed E-state index contributed by atoms with van der Waals surface area (Å²) in [6.45, 7) is 4.00. The van der Waals surface area contributed by atoms with E-state index in [1.165, 1.54) is 0 Å². The smallest absolute Gasteiger partial charge is 0.264 e. The molecule has 0 aliphatic carbocycles. The summed E-state index contributed by atoms with van der Waals surface area (Å²) in [7, 11) is 0. The second kappa shape index (κ2) is 7.94. The number of imidazole rings is 2. The number of rotatable bonds is 0. The van der Waals surface area contributed by atoms with Crippen molar-refractivity contribution < 1.29 is 0 Å². The van der Waals surface area contributed by atoms with Crippen molar-refractivity contribution in [3.8, 4) is 0 Å². The summed E-state index contributed by atoms with van der Waals surface area (Å²) >= 11 is 0. The summed E-state index contributed by atoms with van der Waals surface area (Å²) in [6, 6.07) is 32.1. The van der Waals surface area contributed by atoms with Gasteiger partial charge in [0.25, 0.3) is 11.1 Å². The second-order valence-corrected chi connectivity index (χ2v) is 11.3. The van der Waals surface area contributed by atoms with Gasteiger partial charge < -0.3 is 0 Å². The fourth-order valence-electron chi connectivity index (χ4n) is 7.68. The first kappa shape index (κ1) is 23.7. The van der Waals surface area contributed by atoms with Gasteiger partial charge in [-0.1, -0.05) is 62.4 Å². The van der Waals surface area contributed by atoms with E-state index in [2.05, 4.69) is 36.4 Å². The summed E-state index contributed by atoms with van der Waals surface area (Å²) in [6.07, 6.45) is 0. The van der Waals surface area contributed by atoms with Crippen molar-refractivity contribution in [3.05, 3.63) is 118 Å². The standard InChI is InChI=1S/C36H16N4O2.C2H6/c41-35-23-15-11-19-18-10-14-22-32-24(36(42)40-28-8-4-2-6-26(28)38-34(22)40)16-12-20(30(18)32)17-9-13-21(31(23)29(17)19)33-37-25-5-1-3-7-27(25)39(33)35;1-2/h1-16H;1-2H3. The van der Waals surface area contributed by atoms with E-state index >= 15 is 0 Å². The molecular weight excluding hydrogens is 544 g/mol. The monoisotopic (exact) mass is 566 g/mol. The van der Waals surface area contributed by atoms with Gasteiger partial charge in [-0.05, 0) is 80.8 Å². The van der Waals surface area contributed by atoms with Crippen LogP contribution in [0.3, 0.4) is 0 Å². The summed E-state index contributed by atoms with van der Waals surface area (Å²) < 4.78 is 3.49. The minimum absolute atomic E-state index is 0.0598. The topological polar surface area (TPSA) is 68.7 Å². The van der Waals surface area contributed by atoms with Crippen LogP contribution in [0.5, 0.6) is 0 Å². The fourth-order valence-corrected chi connectivity index (χ4v) is 7.68. The molecule has 6 nitrogen and oxygen atoms in total. The van der Waals surface area contributed by atoms with Crippen molar-refractivity contribution in [2.24, 2.45) is 0 Å². The van der Waals surface area contributed by atoms with E-state index in [0.29, 0.717) is 22.1 Å². The number of fused-ring (bicyclic) bond motifs is 10. The summed E-state index contributed by atoms with van der Waals surface area (Å²) in [5.41, 5.74) is 4.48. The molecule has 11 aromatic rings. The number of aromatic nitrogens is 4. The molecule has 0 spiro atoms. The third-order valence-corrected chi connectivity index (χ3v) is 9.37. The first-order valence-electron chi connectivity index (χ1n) is 14.9. The molecular formula is C38H22N4O2. The number of hydrogen-bond acceptors (Lipinski definition) is 4. The highest BCUT2D eigenvalue weighted by atomic mass is 16.1. The molecule has 0 bridgehead atoms. The molecule has 7 aromatic carbocycles. The third-order valence-electron chi connectivity index (χ3n) is 9.37. The molecule has 0 radical (unpaired) electrons. The molecule has 0 fully saturated rings. The number of benzene rings is 7. The first-order chi connectivity index (χ1) is 21.7. The molecule has 44 heavy (non-hydrogen) atoms. The summed E-state index contributed by atoms with van der Waals surface area (Å²) in [4.78, 5) is 37.7. The average Bonchev–Trinajstić information content (AvgIpc) is 3.66. The van der Waals surface area contributed by atoms with Crippen LogP contribution in [0.1, 0.15) is 13.8 Å². The lowest BCUT2D eigenvalue weighted by molar-refractivity contribution is 1.19. The van der Waals surface area contributed by atoms with Crippen LogP contribution < -0.4 is 11.1 Å². The van der Waals surface area contributed by atoms with Crippen LogP contribution in [0.2, 0.25) is 0 Å². The zero-order chi connectivity index (χ0) is 29.4. The van der Waals surface area contributed by atoms with Gasteiger partial charge >= 0.3 is 0 Å². The van der Waals surface area contributed by atoms with Crippen molar-refractivity contribution in [1.82, 2.24) is 18.8 Å². The van der Waals surface area contributed by atoms with E-state index in [1.807, 2.05) is 74.5 Å². The Morgan fingerprint density at radius 1 is 0.409 bits per heavy atom. The predicted molar refractivity (Wildman–Crippen MR) is 181 cm³/mol. The van der Waals surface area contributed by atoms with Gasteiger partial charge in [0.1, 0.15) is 11.3 Å². The molecule has 0 aliphatic rings. The van der Waals surface area contributed by atoms with E-state index in [0.717, 1.165) is 75.9 Å². The quantitative estimate of drug-likeness (QED) is 0.137. The summed E-state index contributed by atoms with van der Waals surface area (Å²) in [5.74, 6) is 0. The Bertz CT molecular complexity index is 2890. The Morgan fingerprint density at radius 2 is 0.727 bits per heavy atom. The van der Waals surface area contributed by atoms with Crippen molar-refractivity contribution in [2.45, 2.75) is 13.8 Å². The van der Waals surface area contributed by atoms with Gasteiger partial charge in [-0.2, -0.15) is 0 Å². The van der Waals surface area contributed by atoms with Crippen LogP contribution in [-0.4, -0.2) is 18.8 Å². The van der Waals surface area contributed by atoms with Gasteiger partial charge in [0.2, 0.25) is 0 Å². The van der Waals surface area contributed by atoms with Crippen LogP contribution >= 0.6 is 0 Å². The van der Waals surface area contributed by atoms with Gasteiger partial charge in [-0.15, -0.1) is 0 Å². The van der Waals surface area contributed by atoms with E-state index in [4.69, 9.17) is 9.97 Å². The number of pyridine rings is 2. The van der Waals surface area contributed by atoms with Crippen molar-refractivity contribution >= 4 is 98.0 Å². The van der Waals surface area contributed by atoms with Gasteiger partial charge in [0, 0.05) is 32.3 Å². The minimum atomic E-state index is -0.0598. The van der Waals surface area contributed by atoms with Crippen LogP contribution in [-0.2, 0) is 0 Å². The Hall–Kier alpha value is -5.88. The van der Waals surface area contributed by atoms with Gasteiger partial charge in [-0.3, -0.25) is 18.4 Å². The number of para-hydroxylation sites is 4.